The molecule has 2 aliphatic rings. The van der Waals surface area contributed by atoms with Gasteiger partial charge in [0.15, 0.2) is 0 Å². The van der Waals surface area contributed by atoms with Crippen LogP contribution in [0.2, 0.25) is 0 Å². The van der Waals surface area contributed by atoms with Crippen LogP contribution in [0.5, 0.6) is 0 Å². The van der Waals surface area contributed by atoms with Crippen molar-refractivity contribution in [1.82, 2.24) is 10.2 Å². The summed E-state index contributed by atoms with van der Waals surface area (Å²) < 4.78 is 0. The zero-order chi connectivity index (χ0) is 20.8. The van der Waals surface area contributed by atoms with Gasteiger partial charge >= 0.3 is 0 Å². The summed E-state index contributed by atoms with van der Waals surface area (Å²) in [7, 11) is 0. The normalized spacial score (nSPS) is 20.6. The third kappa shape index (κ3) is 4.93. The number of hydrogen-bond acceptors (Lipinski definition) is 3. The van der Waals surface area contributed by atoms with Gasteiger partial charge in [-0.15, -0.1) is 0 Å². The molecule has 1 heterocycles. The first-order valence-corrected chi connectivity index (χ1v) is 11.5. The Morgan fingerprint density at radius 3 is 2.53 bits per heavy atom. The van der Waals surface area contributed by atoms with Gasteiger partial charge in [0.25, 0.3) is 0 Å². The second-order valence-corrected chi connectivity index (χ2v) is 8.85. The van der Waals surface area contributed by atoms with Crippen LogP contribution >= 0.6 is 0 Å². The van der Waals surface area contributed by atoms with E-state index >= 15 is 0 Å². The molecule has 1 aliphatic heterocycles. The molecule has 160 valence electrons. The van der Waals surface area contributed by atoms with Crippen LogP contribution in [0.1, 0.15) is 61.3 Å². The fourth-order valence-electron chi connectivity index (χ4n) is 5.21. The lowest BCUT2D eigenvalue weighted by molar-refractivity contribution is -0.132. The summed E-state index contributed by atoms with van der Waals surface area (Å²) in [6.07, 6.45) is 8.30. The zero-order valence-corrected chi connectivity index (χ0v) is 17.8. The maximum atomic E-state index is 13.3. The number of benzene rings is 2. The number of hydrogen-bond donors (Lipinski definition) is 2. The quantitative estimate of drug-likeness (QED) is 0.728. The van der Waals surface area contributed by atoms with Crippen molar-refractivity contribution >= 4 is 5.91 Å². The Morgan fingerprint density at radius 1 is 1.03 bits per heavy atom. The van der Waals surface area contributed by atoms with E-state index in [0.717, 1.165) is 24.9 Å². The summed E-state index contributed by atoms with van der Waals surface area (Å²) in [4.78, 5) is 15.3. The van der Waals surface area contributed by atoms with Gasteiger partial charge in [-0.2, -0.15) is 0 Å². The highest BCUT2D eigenvalue weighted by Gasteiger charge is 2.31. The number of aliphatic hydroxyl groups excluding tert-OH is 1. The number of aliphatic hydroxyl groups is 1. The van der Waals surface area contributed by atoms with Gasteiger partial charge in [0.1, 0.15) is 0 Å². The van der Waals surface area contributed by atoms with Gasteiger partial charge in [-0.3, -0.25) is 4.79 Å². The Hall–Kier alpha value is -2.17. The molecule has 4 nitrogen and oxygen atoms in total. The second kappa shape index (κ2) is 10.2. The van der Waals surface area contributed by atoms with Crippen LogP contribution in [0.25, 0.3) is 0 Å². The fourth-order valence-corrected chi connectivity index (χ4v) is 5.21. The molecule has 1 fully saturated rings. The van der Waals surface area contributed by atoms with E-state index in [2.05, 4.69) is 41.7 Å². The van der Waals surface area contributed by atoms with Crippen molar-refractivity contribution in [3.05, 3.63) is 71.3 Å². The molecule has 1 saturated carbocycles. The number of nitrogens with zero attached hydrogens (tertiary/aromatic N) is 1. The van der Waals surface area contributed by atoms with Crippen molar-refractivity contribution in [2.24, 2.45) is 5.92 Å². The van der Waals surface area contributed by atoms with Crippen LogP contribution < -0.4 is 5.32 Å². The minimum Gasteiger partial charge on any atom is -0.395 e. The molecule has 0 spiro atoms. The molecule has 1 aliphatic carbocycles. The first kappa shape index (κ1) is 21.1. The third-order valence-electron chi connectivity index (χ3n) is 6.82. The first-order chi connectivity index (χ1) is 14.8. The van der Waals surface area contributed by atoms with Gasteiger partial charge in [0.2, 0.25) is 5.91 Å². The van der Waals surface area contributed by atoms with E-state index in [1.54, 1.807) is 0 Å². The lowest BCUT2D eigenvalue weighted by atomic mass is 9.85. The summed E-state index contributed by atoms with van der Waals surface area (Å²) in [5, 5.41) is 13.2. The number of carbonyl (C=O) groups is 1. The molecule has 2 aromatic rings. The topological polar surface area (TPSA) is 52.6 Å². The molecule has 4 heteroatoms. The molecule has 0 saturated heterocycles. The first-order valence-electron chi connectivity index (χ1n) is 11.5. The van der Waals surface area contributed by atoms with Gasteiger partial charge in [-0.1, -0.05) is 86.7 Å². The van der Waals surface area contributed by atoms with E-state index < -0.39 is 0 Å². The predicted molar refractivity (Wildman–Crippen MR) is 120 cm³/mol. The Labute approximate surface area is 180 Å². The van der Waals surface area contributed by atoms with Crippen molar-refractivity contribution in [3.8, 4) is 0 Å². The maximum absolute atomic E-state index is 13.3. The van der Waals surface area contributed by atoms with Crippen LogP contribution in [-0.4, -0.2) is 41.7 Å². The number of carbonyl (C=O) groups excluding carboxylic acids is 1. The SMILES string of the molecule is O=C(CN[C@H](CO)CC1CCCCC1)N1CCc2ccccc2[C@H]1c1ccccc1. The summed E-state index contributed by atoms with van der Waals surface area (Å²) in [5.74, 6) is 0.790. The van der Waals surface area contributed by atoms with Crippen LogP contribution in [0.3, 0.4) is 0 Å². The Kier molecular flexibility index (Phi) is 7.19. The van der Waals surface area contributed by atoms with Crippen LogP contribution in [0, 0.1) is 5.92 Å². The standard InChI is InChI=1S/C26H34N2O2/c29-19-23(17-20-9-3-1-4-10-20)27-18-25(30)28-16-15-21-11-7-8-14-24(21)26(28)22-12-5-2-6-13-22/h2,5-8,11-14,20,23,26-27,29H,1,3-4,9-10,15-19H2/t23-,26+/m0/s1. The Morgan fingerprint density at radius 2 is 1.77 bits per heavy atom. The van der Waals surface area contributed by atoms with Gasteiger partial charge in [-0.05, 0) is 35.4 Å². The average Bonchev–Trinajstić information content (AvgIpc) is 2.82. The molecule has 2 N–H and O–H groups in total. The number of nitrogens with one attached hydrogen (secondary N) is 1. The predicted octanol–water partition coefficient (Wildman–Crippen LogP) is 4.08. The zero-order valence-electron chi connectivity index (χ0n) is 17.8. The van der Waals surface area contributed by atoms with Crippen molar-refractivity contribution in [3.63, 3.8) is 0 Å². The second-order valence-electron chi connectivity index (χ2n) is 8.85. The molecular weight excluding hydrogens is 372 g/mol. The molecule has 2 aromatic carbocycles. The smallest absolute Gasteiger partial charge is 0.237 e. The highest BCUT2D eigenvalue weighted by atomic mass is 16.3. The number of amides is 1. The summed E-state index contributed by atoms with van der Waals surface area (Å²) in [6, 6.07) is 18.8. The Bertz CT molecular complexity index is 817. The fraction of sp³-hybridized carbons (Fsp3) is 0.500. The van der Waals surface area contributed by atoms with E-state index in [9.17, 15) is 9.90 Å². The molecular formula is C26H34N2O2. The van der Waals surface area contributed by atoms with Gasteiger partial charge in [0, 0.05) is 12.6 Å². The maximum Gasteiger partial charge on any atom is 0.237 e. The molecule has 0 radical (unpaired) electrons. The van der Waals surface area contributed by atoms with E-state index in [1.165, 1.54) is 43.2 Å². The van der Waals surface area contributed by atoms with Crippen molar-refractivity contribution < 1.29 is 9.90 Å². The molecule has 0 bridgehead atoms. The number of fused-ring (bicyclic) bond motifs is 1. The third-order valence-corrected chi connectivity index (χ3v) is 6.82. The van der Waals surface area contributed by atoms with Gasteiger partial charge in [0.05, 0.1) is 19.2 Å². The van der Waals surface area contributed by atoms with Gasteiger partial charge in [-0.25, -0.2) is 0 Å². The minimum atomic E-state index is -0.0450. The van der Waals surface area contributed by atoms with Crippen LogP contribution in [0.4, 0.5) is 0 Å². The average molecular weight is 407 g/mol. The van der Waals surface area contributed by atoms with Gasteiger partial charge < -0.3 is 15.3 Å². The largest absolute Gasteiger partial charge is 0.395 e. The lowest BCUT2D eigenvalue weighted by Crippen LogP contribution is -2.47. The van der Waals surface area contributed by atoms with E-state index in [4.69, 9.17) is 0 Å². The van der Waals surface area contributed by atoms with Crippen LogP contribution in [0.15, 0.2) is 54.6 Å². The van der Waals surface area contributed by atoms with Crippen molar-refractivity contribution in [2.75, 3.05) is 19.7 Å². The highest BCUT2D eigenvalue weighted by molar-refractivity contribution is 5.79. The summed E-state index contributed by atoms with van der Waals surface area (Å²) in [6.45, 7) is 1.10. The summed E-state index contributed by atoms with van der Waals surface area (Å²) in [5.41, 5.74) is 3.71. The Balaban J connectivity index is 1.45. The van der Waals surface area contributed by atoms with E-state index in [1.807, 2.05) is 23.1 Å². The molecule has 4 rings (SSSR count). The molecule has 2 atom stereocenters. The van der Waals surface area contributed by atoms with Crippen LogP contribution in [-0.2, 0) is 11.2 Å². The number of rotatable bonds is 7. The van der Waals surface area contributed by atoms with Crippen molar-refractivity contribution in [2.45, 2.75) is 57.0 Å². The highest BCUT2D eigenvalue weighted by Crippen LogP contribution is 2.35. The molecule has 0 unspecified atom stereocenters. The van der Waals surface area contributed by atoms with Crippen molar-refractivity contribution in [1.29, 1.82) is 0 Å². The lowest BCUT2D eigenvalue weighted by Gasteiger charge is -2.38. The van der Waals surface area contributed by atoms with E-state index in [0.29, 0.717) is 5.92 Å². The molecule has 0 aromatic heterocycles. The summed E-state index contributed by atoms with van der Waals surface area (Å²) >= 11 is 0. The van der Waals surface area contributed by atoms with E-state index in [-0.39, 0.29) is 31.1 Å². The molecule has 30 heavy (non-hydrogen) atoms. The molecule has 1 amide bonds. The minimum absolute atomic E-state index is 0.00398. The monoisotopic (exact) mass is 406 g/mol.